The van der Waals surface area contributed by atoms with Gasteiger partial charge in [0.15, 0.2) is 0 Å². The normalized spacial score (nSPS) is 16.5. The zero-order valence-electron chi connectivity index (χ0n) is 12.4. The molecule has 21 heavy (non-hydrogen) atoms. The Labute approximate surface area is 125 Å². The van der Waals surface area contributed by atoms with Gasteiger partial charge in [-0.05, 0) is 30.5 Å². The van der Waals surface area contributed by atoms with E-state index in [1.807, 2.05) is 25.9 Å². The molecule has 1 aromatic carbocycles. The van der Waals surface area contributed by atoms with Gasteiger partial charge in [-0.3, -0.25) is 4.79 Å². The number of benzene rings is 1. The molecule has 1 aliphatic rings. The summed E-state index contributed by atoms with van der Waals surface area (Å²) < 4.78 is 26.3. The van der Waals surface area contributed by atoms with Crippen molar-refractivity contribution in [3.63, 3.8) is 0 Å². The van der Waals surface area contributed by atoms with Crippen LogP contribution >= 0.6 is 0 Å². The highest BCUT2D eigenvalue weighted by Gasteiger charge is 2.37. The van der Waals surface area contributed by atoms with Crippen molar-refractivity contribution in [1.29, 1.82) is 0 Å². The number of carbonyl (C=O) groups is 1. The van der Waals surface area contributed by atoms with E-state index in [0.29, 0.717) is 0 Å². The summed E-state index contributed by atoms with van der Waals surface area (Å²) in [6.07, 6.45) is 0.0167. The van der Waals surface area contributed by atoms with E-state index >= 15 is 0 Å². The van der Waals surface area contributed by atoms with Gasteiger partial charge in [-0.25, -0.2) is 8.42 Å². The topological polar surface area (TPSA) is 77.9 Å². The van der Waals surface area contributed by atoms with Gasteiger partial charge in [0, 0.05) is 32.9 Å². The lowest BCUT2D eigenvalue weighted by atomic mass is 10.00. The summed E-state index contributed by atoms with van der Waals surface area (Å²) in [5.41, 5.74) is 1.87. The van der Waals surface area contributed by atoms with E-state index in [9.17, 15) is 13.2 Å². The maximum absolute atomic E-state index is 12.5. The molecule has 1 heterocycles. The Morgan fingerprint density at radius 3 is 2.52 bits per heavy atom. The molecular weight excluding hydrogens is 292 g/mol. The van der Waals surface area contributed by atoms with Crippen LogP contribution in [0.3, 0.4) is 0 Å². The standard InChI is InChI=1S/C14H20N2O4S/c1-10-4-5-12(7-13(10)15(2)3)21(19,20)16-8-11(9-16)6-14(17)18/h4-5,7,11H,6,8-9H2,1-3H3,(H,17,18). The molecule has 1 fully saturated rings. The van der Waals surface area contributed by atoms with Crippen molar-refractivity contribution in [3.8, 4) is 0 Å². The Kier molecular flexibility index (Phi) is 4.25. The van der Waals surface area contributed by atoms with Crippen LogP contribution < -0.4 is 4.90 Å². The lowest BCUT2D eigenvalue weighted by molar-refractivity contribution is -0.139. The van der Waals surface area contributed by atoms with Crippen LogP contribution in [0.1, 0.15) is 12.0 Å². The lowest BCUT2D eigenvalue weighted by Gasteiger charge is -2.37. The quantitative estimate of drug-likeness (QED) is 0.882. The van der Waals surface area contributed by atoms with E-state index in [2.05, 4.69) is 0 Å². The molecule has 116 valence electrons. The monoisotopic (exact) mass is 312 g/mol. The highest BCUT2D eigenvalue weighted by atomic mass is 32.2. The van der Waals surface area contributed by atoms with Crippen LogP contribution in [-0.4, -0.2) is 51.0 Å². The number of hydrogen-bond acceptors (Lipinski definition) is 4. The molecule has 1 aromatic rings. The van der Waals surface area contributed by atoms with Gasteiger partial charge in [0.2, 0.25) is 10.0 Å². The molecule has 0 unspecified atom stereocenters. The van der Waals surface area contributed by atoms with E-state index in [4.69, 9.17) is 5.11 Å². The number of aliphatic carboxylic acids is 1. The number of hydrogen-bond donors (Lipinski definition) is 1. The first-order chi connectivity index (χ1) is 9.71. The minimum Gasteiger partial charge on any atom is -0.481 e. The fraction of sp³-hybridized carbons (Fsp3) is 0.500. The molecule has 2 rings (SSSR count). The van der Waals surface area contributed by atoms with Gasteiger partial charge in [0.1, 0.15) is 0 Å². The summed E-state index contributed by atoms with van der Waals surface area (Å²) in [5.74, 6) is -0.974. The molecule has 0 bridgehead atoms. The molecule has 7 heteroatoms. The molecule has 6 nitrogen and oxygen atoms in total. The lowest BCUT2D eigenvalue weighted by Crippen LogP contribution is -2.50. The zero-order valence-corrected chi connectivity index (χ0v) is 13.2. The molecule has 1 aliphatic heterocycles. The number of sulfonamides is 1. The molecule has 0 amide bonds. The van der Waals surface area contributed by atoms with E-state index in [1.54, 1.807) is 18.2 Å². The third-order valence-corrected chi connectivity index (χ3v) is 5.51. The molecule has 0 aromatic heterocycles. The maximum atomic E-state index is 12.5. The van der Waals surface area contributed by atoms with Crippen molar-refractivity contribution in [2.24, 2.45) is 5.92 Å². The molecule has 0 saturated carbocycles. The number of carboxylic acids is 1. The van der Waals surface area contributed by atoms with Crippen LogP contribution in [-0.2, 0) is 14.8 Å². The summed E-state index contributed by atoms with van der Waals surface area (Å²) in [6.45, 7) is 2.48. The van der Waals surface area contributed by atoms with Crippen LogP contribution in [0.2, 0.25) is 0 Å². The number of nitrogens with zero attached hydrogens (tertiary/aromatic N) is 2. The number of aryl methyl sites for hydroxylation is 1. The van der Waals surface area contributed by atoms with Crippen molar-refractivity contribution in [2.75, 3.05) is 32.1 Å². The Hall–Kier alpha value is -1.60. The number of carboxylic acid groups (broad SMARTS) is 1. The van der Waals surface area contributed by atoms with Gasteiger partial charge >= 0.3 is 5.97 Å². The zero-order chi connectivity index (χ0) is 15.8. The predicted molar refractivity (Wildman–Crippen MR) is 80.0 cm³/mol. The van der Waals surface area contributed by atoms with Crippen molar-refractivity contribution >= 4 is 21.7 Å². The average molecular weight is 312 g/mol. The summed E-state index contributed by atoms with van der Waals surface area (Å²) in [7, 11) is 0.203. The van der Waals surface area contributed by atoms with Crippen LogP contribution in [0.5, 0.6) is 0 Å². The Morgan fingerprint density at radius 1 is 1.38 bits per heavy atom. The molecule has 0 aliphatic carbocycles. The van der Waals surface area contributed by atoms with E-state index in [1.165, 1.54) is 4.31 Å². The fourth-order valence-corrected chi connectivity index (χ4v) is 4.09. The van der Waals surface area contributed by atoms with Crippen LogP contribution in [0.4, 0.5) is 5.69 Å². The Morgan fingerprint density at radius 2 is 2.00 bits per heavy atom. The number of rotatable bonds is 5. The van der Waals surface area contributed by atoms with Crippen molar-refractivity contribution < 1.29 is 18.3 Å². The van der Waals surface area contributed by atoms with Gasteiger partial charge < -0.3 is 10.0 Å². The van der Waals surface area contributed by atoms with Gasteiger partial charge in [0.25, 0.3) is 0 Å². The summed E-state index contributed by atoms with van der Waals surface area (Å²) in [6, 6.07) is 5.05. The SMILES string of the molecule is Cc1ccc(S(=O)(=O)N2CC(CC(=O)O)C2)cc1N(C)C. The van der Waals surface area contributed by atoms with E-state index in [0.717, 1.165) is 11.3 Å². The third-order valence-electron chi connectivity index (χ3n) is 3.69. The minimum absolute atomic E-state index is 0.0167. The molecule has 0 radical (unpaired) electrons. The largest absolute Gasteiger partial charge is 0.481 e. The van der Waals surface area contributed by atoms with Gasteiger partial charge in [-0.2, -0.15) is 4.31 Å². The van der Waals surface area contributed by atoms with Gasteiger partial charge in [-0.1, -0.05) is 6.07 Å². The highest BCUT2D eigenvalue weighted by molar-refractivity contribution is 7.89. The molecular formula is C14H20N2O4S. The van der Waals surface area contributed by atoms with Crippen LogP contribution in [0.25, 0.3) is 0 Å². The molecule has 0 spiro atoms. The van der Waals surface area contributed by atoms with Gasteiger partial charge in [-0.15, -0.1) is 0 Å². The number of anilines is 1. The second-order valence-electron chi connectivity index (χ2n) is 5.63. The van der Waals surface area contributed by atoms with Crippen LogP contribution in [0, 0.1) is 12.8 Å². The molecule has 0 atom stereocenters. The molecule has 1 saturated heterocycles. The first-order valence-electron chi connectivity index (χ1n) is 6.71. The van der Waals surface area contributed by atoms with E-state index in [-0.39, 0.29) is 30.3 Å². The second kappa shape index (κ2) is 5.65. The first-order valence-corrected chi connectivity index (χ1v) is 8.15. The summed E-state index contributed by atoms with van der Waals surface area (Å²) >= 11 is 0. The predicted octanol–water partition coefficient (Wildman–Crippen LogP) is 1.16. The van der Waals surface area contributed by atoms with Crippen molar-refractivity contribution in [1.82, 2.24) is 4.31 Å². The third kappa shape index (κ3) is 3.19. The first kappa shape index (κ1) is 15.8. The van der Waals surface area contributed by atoms with E-state index < -0.39 is 16.0 Å². The van der Waals surface area contributed by atoms with Crippen LogP contribution in [0.15, 0.2) is 23.1 Å². The Balaban J connectivity index is 2.18. The highest BCUT2D eigenvalue weighted by Crippen LogP contribution is 2.29. The summed E-state index contributed by atoms with van der Waals surface area (Å²) in [5, 5.41) is 8.71. The minimum atomic E-state index is -3.53. The van der Waals surface area contributed by atoms with Crippen molar-refractivity contribution in [3.05, 3.63) is 23.8 Å². The fourth-order valence-electron chi connectivity index (χ4n) is 2.48. The Bertz CT molecular complexity index is 649. The average Bonchev–Trinajstić information content (AvgIpc) is 2.32. The smallest absolute Gasteiger partial charge is 0.303 e. The molecule has 1 N–H and O–H groups in total. The summed E-state index contributed by atoms with van der Waals surface area (Å²) in [4.78, 5) is 12.7. The van der Waals surface area contributed by atoms with Gasteiger partial charge in [0.05, 0.1) is 11.3 Å². The maximum Gasteiger partial charge on any atom is 0.303 e. The van der Waals surface area contributed by atoms with Crippen molar-refractivity contribution in [2.45, 2.75) is 18.2 Å². The second-order valence-corrected chi connectivity index (χ2v) is 7.57.